The van der Waals surface area contributed by atoms with Gasteiger partial charge in [0, 0.05) is 9.50 Å². The van der Waals surface area contributed by atoms with Crippen LogP contribution in [0.5, 0.6) is 0 Å². The molecular weight excluding hydrogens is 378 g/mol. The first-order valence-electron chi connectivity index (χ1n) is 6.25. The van der Waals surface area contributed by atoms with E-state index >= 15 is 0 Å². The van der Waals surface area contributed by atoms with Crippen LogP contribution in [-0.4, -0.2) is 9.55 Å². The number of nitrogens with zero attached hydrogens (tertiary/aromatic N) is 2. The molecule has 0 aliphatic heterocycles. The van der Waals surface area contributed by atoms with E-state index in [0.717, 1.165) is 16.7 Å². The van der Waals surface area contributed by atoms with Gasteiger partial charge in [-0.25, -0.2) is 9.37 Å². The minimum atomic E-state index is -0.312. The first-order valence-corrected chi connectivity index (χ1v) is 7.85. The maximum Gasteiger partial charge on any atom is 0.132 e. The van der Waals surface area contributed by atoms with Crippen LogP contribution in [0.1, 0.15) is 18.1 Å². The van der Waals surface area contributed by atoms with Gasteiger partial charge in [-0.05, 0) is 59.3 Å². The highest BCUT2D eigenvalue weighted by molar-refractivity contribution is 9.10. The van der Waals surface area contributed by atoms with Crippen LogP contribution in [0.3, 0.4) is 0 Å². The van der Waals surface area contributed by atoms with Crippen molar-refractivity contribution < 1.29 is 4.39 Å². The fourth-order valence-electron chi connectivity index (χ4n) is 2.25. The number of fused-ring (bicyclic) bond motifs is 1. The molecule has 0 bridgehead atoms. The molecule has 0 aliphatic carbocycles. The second-order valence-corrected chi connectivity index (χ2v) is 6.60. The molecule has 3 aromatic rings. The lowest BCUT2D eigenvalue weighted by Gasteiger charge is -2.12. The quantitative estimate of drug-likeness (QED) is 0.502. The van der Waals surface area contributed by atoms with Gasteiger partial charge in [-0.1, -0.05) is 11.6 Å². The smallest absolute Gasteiger partial charge is 0.132 e. The Morgan fingerprint density at radius 1 is 1.24 bits per heavy atom. The van der Waals surface area contributed by atoms with Crippen molar-refractivity contribution in [3.8, 4) is 5.69 Å². The minimum Gasteiger partial charge on any atom is -0.294 e. The SMILES string of the molecule is CC(Cl)c1nc2ccc(Cl)cc2n1-c1ccc(F)cc1Br. The highest BCUT2D eigenvalue weighted by Gasteiger charge is 2.18. The summed E-state index contributed by atoms with van der Waals surface area (Å²) in [7, 11) is 0. The lowest BCUT2D eigenvalue weighted by atomic mass is 10.2. The van der Waals surface area contributed by atoms with E-state index in [-0.39, 0.29) is 11.2 Å². The Morgan fingerprint density at radius 2 is 2.00 bits per heavy atom. The van der Waals surface area contributed by atoms with Crippen molar-refractivity contribution in [1.82, 2.24) is 9.55 Å². The summed E-state index contributed by atoms with van der Waals surface area (Å²) < 4.78 is 15.8. The Balaban J connectivity index is 2.38. The molecule has 0 amide bonds. The molecule has 0 radical (unpaired) electrons. The summed E-state index contributed by atoms with van der Waals surface area (Å²) in [5.41, 5.74) is 2.39. The molecule has 0 N–H and O–H groups in total. The fraction of sp³-hybridized carbons (Fsp3) is 0.133. The Labute approximate surface area is 139 Å². The van der Waals surface area contributed by atoms with E-state index in [1.807, 2.05) is 23.6 Å². The van der Waals surface area contributed by atoms with Gasteiger partial charge in [-0.2, -0.15) is 0 Å². The van der Waals surface area contributed by atoms with E-state index in [4.69, 9.17) is 23.2 Å². The standard InChI is InChI=1S/C15H10BrCl2FN2/c1-8(17)15-20-12-4-2-9(18)6-14(12)21(15)13-5-3-10(19)7-11(13)16/h2-8H,1H3. The average Bonchev–Trinajstić information content (AvgIpc) is 2.77. The Morgan fingerprint density at radius 3 is 2.67 bits per heavy atom. The van der Waals surface area contributed by atoms with Crippen molar-refractivity contribution in [2.45, 2.75) is 12.3 Å². The van der Waals surface area contributed by atoms with Gasteiger partial charge in [0.2, 0.25) is 0 Å². The van der Waals surface area contributed by atoms with Gasteiger partial charge in [0.25, 0.3) is 0 Å². The van der Waals surface area contributed by atoms with Crippen molar-refractivity contribution in [3.05, 3.63) is 57.5 Å². The molecule has 1 unspecified atom stereocenters. The first-order chi connectivity index (χ1) is 9.97. The van der Waals surface area contributed by atoms with Crippen molar-refractivity contribution in [1.29, 1.82) is 0 Å². The lowest BCUT2D eigenvalue weighted by molar-refractivity contribution is 0.626. The van der Waals surface area contributed by atoms with Crippen LogP contribution in [0, 0.1) is 5.82 Å². The van der Waals surface area contributed by atoms with Crippen LogP contribution in [-0.2, 0) is 0 Å². The average molecular weight is 388 g/mol. The van der Waals surface area contributed by atoms with E-state index in [2.05, 4.69) is 20.9 Å². The highest BCUT2D eigenvalue weighted by atomic mass is 79.9. The topological polar surface area (TPSA) is 17.8 Å². The van der Waals surface area contributed by atoms with Crippen LogP contribution < -0.4 is 0 Å². The van der Waals surface area contributed by atoms with Crippen LogP contribution in [0.2, 0.25) is 5.02 Å². The summed E-state index contributed by atoms with van der Waals surface area (Å²) in [6.45, 7) is 1.85. The van der Waals surface area contributed by atoms with Gasteiger partial charge in [0.05, 0.1) is 22.1 Å². The largest absolute Gasteiger partial charge is 0.294 e. The number of alkyl halides is 1. The van der Waals surface area contributed by atoms with Crippen LogP contribution >= 0.6 is 39.1 Å². The third kappa shape index (κ3) is 2.68. The van der Waals surface area contributed by atoms with Crippen molar-refractivity contribution in [2.75, 3.05) is 0 Å². The predicted octanol–water partition coefficient (Wildman–Crippen LogP) is 5.88. The monoisotopic (exact) mass is 386 g/mol. The molecular formula is C15H10BrCl2FN2. The molecule has 1 heterocycles. The summed E-state index contributed by atoms with van der Waals surface area (Å²) in [6, 6.07) is 9.94. The van der Waals surface area contributed by atoms with E-state index in [1.165, 1.54) is 12.1 Å². The van der Waals surface area contributed by atoms with Gasteiger partial charge in [0.15, 0.2) is 0 Å². The summed E-state index contributed by atoms with van der Waals surface area (Å²) in [4.78, 5) is 4.55. The number of aromatic nitrogens is 2. The summed E-state index contributed by atoms with van der Waals surface area (Å²) in [5, 5.41) is 0.309. The normalized spacial score (nSPS) is 12.8. The molecule has 1 aromatic heterocycles. The summed E-state index contributed by atoms with van der Waals surface area (Å²) >= 11 is 15.7. The van der Waals surface area contributed by atoms with Crippen molar-refractivity contribution >= 4 is 50.2 Å². The second-order valence-electron chi connectivity index (χ2n) is 4.65. The zero-order valence-corrected chi connectivity index (χ0v) is 14.0. The number of halogens is 4. The molecule has 1 atom stereocenters. The van der Waals surface area contributed by atoms with Gasteiger partial charge < -0.3 is 0 Å². The van der Waals surface area contributed by atoms with E-state index in [9.17, 15) is 4.39 Å². The van der Waals surface area contributed by atoms with E-state index < -0.39 is 0 Å². The number of hydrogen-bond acceptors (Lipinski definition) is 1. The van der Waals surface area contributed by atoms with Crippen LogP contribution in [0.25, 0.3) is 16.7 Å². The molecule has 2 nitrogen and oxygen atoms in total. The molecule has 108 valence electrons. The van der Waals surface area contributed by atoms with Gasteiger partial charge in [0.1, 0.15) is 11.6 Å². The molecule has 3 rings (SSSR count). The number of hydrogen-bond donors (Lipinski definition) is 0. The zero-order chi connectivity index (χ0) is 15.1. The summed E-state index contributed by atoms with van der Waals surface area (Å²) in [6.07, 6.45) is 0. The molecule has 21 heavy (non-hydrogen) atoms. The molecule has 0 spiro atoms. The van der Waals surface area contributed by atoms with Crippen LogP contribution in [0.15, 0.2) is 40.9 Å². The fourth-order valence-corrected chi connectivity index (χ4v) is 3.09. The lowest BCUT2D eigenvalue weighted by Crippen LogP contribution is -2.03. The molecule has 0 saturated carbocycles. The van der Waals surface area contributed by atoms with Crippen LogP contribution in [0.4, 0.5) is 4.39 Å². The Kier molecular flexibility index (Phi) is 3.95. The minimum absolute atomic E-state index is 0.298. The van der Waals surface area contributed by atoms with Gasteiger partial charge in [-0.15, -0.1) is 11.6 Å². The molecule has 2 aromatic carbocycles. The number of benzene rings is 2. The van der Waals surface area contributed by atoms with E-state index in [1.54, 1.807) is 12.1 Å². The number of imidazole rings is 1. The maximum atomic E-state index is 13.3. The van der Waals surface area contributed by atoms with E-state index in [0.29, 0.717) is 15.3 Å². The Bertz CT molecular complexity index is 830. The predicted molar refractivity (Wildman–Crippen MR) is 88.0 cm³/mol. The Hall–Kier alpha value is -1.10. The molecule has 0 aliphatic rings. The zero-order valence-electron chi connectivity index (χ0n) is 10.9. The number of rotatable bonds is 2. The second kappa shape index (κ2) is 5.59. The third-order valence-corrected chi connectivity index (χ3v) is 4.21. The summed E-state index contributed by atoms with van der Waals surface area (Å²) in [5.74, 6) is 0.370. The molecule has 0 saturated heterocycles. The third-order valence-electron chi connectivity index (χ3n) is 3.15. The highest BCUT2D eigenvalue weighted by Crippen LogP contribution is 2.32. The van der Waals surface area contributed by atoms with Crippen molar-refractivity contribution in [2.24, 2.45) is 0 Å². The molecule has 0 fully saturated rings. The first kappa shape index (κ1) is 14.8. The van der Waals surface area contributed by atoms with Gasteiger partial charge >= 0.3 is 0 Å². The maximum absolute atomic E-state index is 13.3. The molecule has 6 heteroatoms. The van der Waals surface area contributed by atoms with Gasteiger partial charge in [-0.3, -0.25) is 4.57 Å². The van der Waals surface area contributed by atoms with Crippen molar-refractivity contribution in [3.63, 3.8) is 0 Å².